The van der Waals surface area contributed by atoms with Gasteiger partial charge in [0.2, 0.25) is 11.6 Å². The topological polar surface area (TPSA) is 253 Å². The molecule has 0 spiro atoms. The van der Waals surface area contributed by atoms with Gasteiger partial charge in [-0.25, -0.2) is 4.79 Å². The van der Waals surface area contributed by atoms with Crippen LogP contribution in [0.15, 0.2) is 42.5 Å². The van der Waals surface area contributed by atoms with E-state index in [4.69, 9.17) is 24.7 Å². The molecule has 3 aromatic carbocycles. The van der Waals surface area contributed by atoms with Gasteiger partial charge in [-0.1, -0.05) is 18.2 Å². The first-order valence-electron chi connectivity index (χ1n) is 15.9. The molecule has 0 radical (unpaired) electrons. The highest BCUT2D eigenvalue weighted by Crippen LogP contribution is 2.52. The largest absolute Gasteiger partial charge is 0.507 e. The number of rotatable bonds is 8. The molecule has 6 rings (SSSR count). The Hall–Kier alpha value is -5.03. The Morgan fingerprint density at radius 3 is 2.40 bits per heavy atom. The van der Waals surface area contributed by atoms with E-state index < -0.39 is 107 Å². The number of phenols is 4. The molecule has 2 aliphatic carbocycles. The number of hydrogen-bond donors (Lipinski definition) is 7. The molecule has 1 heterocycles. The van der Waals surface area contributed by atoms with Crippen LogP contribution in [0.1, 0.15) is 74.4 Å². The standard InChI is InChI=1S/C36H35NO14.ClH/c1-15-31(42)19(37)11-26(50-15)51-23-13-36(47,24(40)14-49-25(41)9-7-16-6-8-20(38)21(39)10-16)12-18-28(23)35(46)30-29(33(18)44)32(43)17-4-3-5-22(48-2)27(17)34(30)45;/h3-10,15,19,23,26,31,38-39,42,44,46-47H,11-14,37H2,1-2H3;1H/b9-7+;/t15-,19-,23-,26-,31+,36-;/m0./s1. The number of halogens is 1. The van der Waals surface area contributed by atoms with Crippen LogP contribution in [0.2, 0.25) is 0 Å². The molecule has 1 aliphatic heterocycles. The number of Topliss-reactive ketones (excluding diaryl/α,β-unsaturated/α-hetero) is 1. The third-order valence-corrected chi connectivity index (χ3v) is 9.42. The number of aliphatic hydroxyl groups excluding tert-OH is 1. The number of esters is 1. The molecule has 0 saturated carbocycles. The number of aliphatic hydroxyl groups is 2. The van der Waals surface area contributed by atoms with Gasteiger partial charge in [-0.15, -0.1) is 12.4 Å². The Balaban J connectivity index is 0.00000523. The molecule has 0 unspecified atom stereocenters. The number of phenolic OH excluding ortho intramolecular Hbond substituents is 4. The molecule has 3 aromatic rings. The molecule has 1 fully saturated rings. The van der Waals surface area contributed by atoms with Gasteiger partial charge in [0.05, 0.1) is 42.1 Å². The summed E-state index contributed by atoms with van der Waals surface area (Å²) in [5.74, 6) is -5.88. The second-order valence-electron chi connectivity index (χ2n) is 12.7. The van der Waals surface area contributed by atoms with E-state index in [0.717, 1.165) is 6.08 Å². The lowest BCUT2D eigenvalue weighted by Gasteiger charge is -2.42. The molecule has 16 heteroatoms. The minimum absolute atomic E-state index is 0. The SMILES string of the molecule is COc1cccc2c1C(=O)c1c(O)c3c(c(O)c1C2=O)C[C@@](O)(C(=O)COC(=O)/C=C/c1ccc(O)c(O)c1)C[C@@H]3O[C@H]1C[C@H](N)[C@H](O)[C@H](C)O1.Cl. The zero-order valence-corrected chi connectivity index (χ0v) is 28.6. The summed E-state index contributed by atoms with van der Waals surface area (Å²) >= 11 is 0. The molecule has 276 valence electrons. The van der Waals surface area contributed by atoms with Crippen molar-refractivity contribution in [1.29, 1.82) is 0 Å². The predicted molar refractivity (Wildman–Crippen MR) is 182 cm³/mol. The molecule has 0 amide bonds. The minimum atomic E-state index is -2.41. The fourth-order valence-electron chi connectivity index (χ4n) is 6.73. The number of hydrogen-bond acceptors (Lipinski definition) is 15. The van der Waals surface area contributed by atoms with Gasteiger partial charge in [0, 0.05) is 48.1 Å². The van der Waals surface area contributed by atoms with E-state index in [9.17, 15) is 49.8 Å². The van der Waals surface area contributed by atoms with E-state index in [-0.39, 0.29) is 52.6 Å². The van der Waals surface area contributed by atoms with Crippen molar-refractivity contribution in [2.24, 2.45) is 5.73 Å². The van der Waals surface area contributed by atoms with E-state index >= 15 is 0 Å². The number of nitrogens with two attached hydrogens (primary N) is 1. The first-order chi connectivity index (χ1) is 24.1. The van der Waals surface area contributed by atoms with Gasteiger partial charge >= 0.3 is 5.97 Å². The van der Waals surface area contributed by atoms with Gasteiger partial charge in [0.15, 0.2) is 30.2 Å². The molecule has 0 bridgehead atoms. The van der Waals surface area contributed by atoms with Gasteiger partial charge in [-0.05, 0) is 36.8 Å². The average molecular weight is 742 g/mol. The lowest BCUT2D eigenvalue weighted by atomic mass is 9.72. The maximum atomic E-state index is 13.9. The van der Waals surface area contributed by atoms with E-state index in [2.05, 4.69) is 0 Å². The van der Waals surface area contributed by atoms with Gasteiger partial charge in [0.1, 0.15) is 22.8 Å². The predicted octanol–water partition coefficient (Wildman–Crippen LogP) is 2.10. The van der Waals surface area contributed by atoms with E-state index in [1.807, 2.05) is 0 Å². The normalized spacial score (nSPS) is 25.1. The van der Waals surface area contributed by atoms with Crippen LogP contribution in [0.25, 0.3) is 6.08 Å². The molecule has 3 aliphatic rings. The Morgan fingerprint density at radius 2 is 1.73 bits per heavy atom. The summed E-state index contributed by atoms with van der Waals surface area (Å²) in [6.45, 7) is 0.607. The molecular formula is C36H36ClNO14. The fourth-order valence-corrected chi connectivity index (χ4v) is 6.73. The highest BCUT2D eigenvalue weighted by atomic mass is 35.5. The number of aromatic hydroxyl groups is 4. The molecule has 0 aromatic heterocycles. The number of fused-ring (bicyclic) bond motifs is 3. The van der Waals surface area contributed by atoms with E-state index in [1.54, 1.807) is 6.92 Å². The smallest absolute Gasteiger partial charge is 0.331 e. The zero-order valence-electron chi connectivity index (χ0n) is 27.8. The summed E-state index contributed by atoms with van der Waals surface area (Å²) in [6.07, 6.45) is -3.54. The van der Waals surface area contributed by atoms with Gasteiger partial charge in [0.25, 0.3) is 0 Å². The van der Waals surface area contributed by atoms with Crippen molar-refractivity contribution < 1.29 is 68.8 Å². The van der Waals surface area contributed by atoms with Crippen molar-refractivity contribution in [2.75, 3.05) is 13.7 Å². The molecular weight excluding hydrogens is 706 g/mol. The number of carbonyl (C=O) groups excluding carboxylic acids is 4. The number of benzene rings is 3. The summed E-state index contributed by atoms with van der Waals surface area (Å²) in [5.41, 5.74) is 2.25. The second-order valence-corrected chi connectivity index (χ2v) is 12.7. The maximum Gasteiger partial charge on any atom is 0.331 e. The third kappa shape index (κ3) is 6.69. The van der Waals surface area contributed by atoms with Gasteiger partial charge in [-0.3, -0.25) is 14.4 Å². The summed E-state index contributed by atoms with van der Waals surface area (Å²) < 4.78 is 22.3. The van der Waals surface area contributed by atoms with Crippen LogP contribution in [0, 0.1) is 0 Å². The molecule has 15 nitrogen and oxygen atoms in total. The molecule has 1 saturated heterocycles. The summed E-state index contributed by atoms with van der Waals surface area (Å²) in [7, 11) is 1.30. The van der Waals surface area contributed by atoms with Crippen molar-refractivity contribution >= 4 is 41.8 Å². The first kappa shape index (κ1) is 38.2. The second kappa shape index (κ2) is 14.5. The summed E-state index contributed by atoms with van der Waals surface area (Å²) in [4.78, 5) is 53.7. The first-order valence-corrected chi connectivity index (χ1v) is 15.9. The van der Waals surface area contributed by atoms with E-state index in [1.165, 1.54) is 49.6 Å². The van der Waals surface area contributed by atoms with Crippen LogP contribution in [0.5, 0.6) is 28.7 Å². The number of ether oxygens (including phenoxy) is 4. The monoisotopic (exact) mass is 741 g/mol. The lowest BCUT2D eigenvalue weighted by molar-refractivity contribution is -0.247. The third-order valence-electron chi connectivity index (χ3n) is 9.42. The number of ketones is 3. The van der Waals surface area contributed by atoms with Crippen LogP contribution < -0.4 is 10.5 Å². The van der Waals surface area contributed by atoms with Crippen molar-refractivity contribution in [1.82, 2.24) is 0 Å². The minimum Gasteiger partial charge on any atom is -0.507 e. The summed E-state index contributed by atoms with van der Waals surface area (Å²) in [5, 5.41) is 64.6. The number of carbonyl (C=O) groups is 4. The maximum absolute atomic E-state index is 13.9. The Labute approximate surface area is 302 Å². The Bertz CT molecular complexity index is 1980. The van der Waals surface area contributed by atoms with Gasteiger partial charge in [-0.2, -0.15) is 0 Å². The molecule has 8 N–H and O–H groups in total. The van der Waals surface area contributed by atoms with Crippen molar-refractivity contribution in [3.8, 4) is 28.7 Å². The zero-order chi connectivity index (χ0) is 36.9. The summed E-state index contributed by atoms with van der Waals surface area (Å²) in [6, 6.07) is 7.29. The van der Waals surface area contributed by atoms with Crippen LogP contribution in [0.4, 0.5) is 0 Å². The van der Waals surface area contributed by atoms with Crippen LogP contribution in [-0.2, 0) is 30.2 Å². The van der Waals surface area contributed by atoms with Gasteiger partial charge < -0.3 is 55.3 Å². The quantitative estimate of drug-likeness (QED) is 0.0591. The average Bonchev–Trinajstić information content (AvgIpc) is 3.09. The van der Waals surface area contributed by atoms with Crippen LogP contribution in [-0.4, -0.2) is 97.8 Å². The highest BCUT2D eigenvalue weighted by molar-refractivity contribution is 6.31. The Kier molecular flexibility index (Phi) is 10.7. The number of methoxy groups -OCH3 is 1. The van der Waals surface area contributed by atoms with Crippen molar-refractivity contribution in [3.05, 3.63) is 81.4 Å². The Morgan fingerprint density at radius 1 is 1.02 bits per heavy atom. The highest BCUT2D eigenvalue weighted by Gasteiger charge is 2.50. The lowest BCUT2D eigenvalue weighted by Crippen LogP contribution is -2.53. The van der Waals surface area contributed by atoms with E-state index in [0.29, 0.717) is 5.56 Å². The van der Waals surface area contributed by atoms with Crippen LogP contribution in [0.3, 0.4) is 0 Å². The van der Waals surface area contributed by atoms with Crippen molar-refractivity contribution in [2.45, 2.75) is 62.4 Å². The fraction of sp³-hybridized carbons (Fsp3) is 0.333. The van der Waals surface area contributed by atoms with Crippen molar-refractivity contribution in [3.63, 3.8) is 0 Å². The van der Waals surface area contributed by atoms with Crippen LogP contribution >= 0.6 is 12.4 Å². The molecule has 52 heavy (non-hydrogen) atoms. The molecule has 6 atom stereocenters.